The number of ketones is 2. The van der Waals surface area contributed by atoms with Gasteiger partial charge in [0, 0.05) is 36.1 Å². The summed E-state index contributed by atoms with van der Waals surface area (Å²) in [4.78, 5) is 22.2. The molecule has 4 nitrogen and oxygen atoms in total. The van der Waals surface area contributed by atoms with Crippen LogP contribution in [0.1, 0.15) is 34.6 Å². The molecule has 0 aliphatic rings. The van der Waals surface area contributed by atoms with Crippen LogP contribution in [0.4, 0.5) is 26.3 Å². The van der Waals surface area contributed by atoms with E-state index in [0.717, 1.165) is 0 Å². The van der Waals surface area contributed by atoms with Crippen LogP contribution in [0, 0.1) is 11.8 Å². The summed E-state index contributed by atoms with van der Waals surface area (Å²) in [6, 6.07) is -0.525. The van der Waals surface area contributed by atoms with Crippen molar-refractivity contribution in [1.29, 1.82) is 0 Å². The molecule has 1 atom stereocenters. The molecule has 27 heavy (non-hydrogen) atoms. The second-order valence-electron chi connectivity index (χ2n) is 6.66. The molecule has 0 bridgehead atoms. The Kier molecular flexibility index (Phi) is 9.07. The van der Waals surface area contributed by atoms with Gasteiger partial charge in [0.15, 0.2) is 0 Å². The number of halogens is 6. The van der Waals surface area contributed by atoms with Crippen LogP contribution in [0.15, 0.2) is 23.5 Å². The van der Waals surface area contributed by atoms with Crippen LogP contribution in [0.3, 0.4) is 0 Å². The minimum Gasteiger partial charge on any atom is -0.386 e. The van der Waals surface area contributed by atoms with Crippen molar-refractivity contribution >= 4 is 11.6 Å². The fourth-order valence-electron chi connectivity index (χ4n) is 1.85. The molecule has 10 heteroatoms. The maximum absolute atomic E-state index is 12.4. The molecule has 2 N–H and O–H groups in total. The summed E-state index contributed by atoms with van der Waals surface area (Å²) in [6.07, 6.45) is -9.05. The molecule has 0 spiro atoms. The lowest BCUT2D eigenvalue weighted by molar-refractivity contribution is -0.165. The van der Waals surface area contributed by atoms with Gasteiger partial charge in [-0.3, -0.25) is 9.59 Å². The van der Waals surface area contributed by atoms with Crippen LogP contribution in [0.5, 0.6) is 0 Å². The summed E-state index contributed by atoms with van der Waals surface area (Å²) in [5.74, 6) is -4.82. The third-order valence-electron chi connectivity index (χ3n) is 3.40. The van der Waals surface area contributed by atoms with Crippen LogP contribution in [0.25, 0.3) is 0 Å². The quantitative estimate of drug-likeness (QED) is 0.454. The monoisotopic (exact) mass is 402 g/mol. The molecule has 0 aliphatic heterocycles. The molecular weight excluding hydrogens is 378 g/mol. The molecule has 0 aromatic heterocycles. The van der Waals surface area contributed by atoms with Crippen molar-refractivity contribution in [2.24, 2.45) is 11.8 Å². The van der Waals surface area contributed by atoms with E-state index < -0.39 is 41.8 Å². The van der Waals surface area contributed by atoms with Gasteiger partial charge in [0.1, 0.15) is 0 Å². The molecule has 1 unspecified atom stereocenters. The number of nitrogens with one attached hydrogen (secondary N) is 2. The van der Waals surface area contributed by atoms with E-state index in [4.69, 9.17) is 0 Å². The minimum atomic E-state index is -4.99. The first-order chi connectivity index (χ1) is 12.1. The van der Waals surface area contributed by atoms with Gasteiger partial charge in [-0.25, -0.2) is 0 Å². The van der Waals surface area contributed by atoms with Gasteiger partial charge in [0.25, 0.3) is 11.6 Å². The molecule has 156 valence electrons. The van der Waals surface area contributed by atoms with Crippen LogP contribution < -0.4 is 10.6 Å². The number of carbonyl (C=O) groups is 2. The molecule has 0 fully saturated rings. The van der Waals surface area contributed by atoms with Crippen molar-refractivity contribution in [2.45, 2.75) is 53.0 Å². The topological polar surface area (TPSA) is 58.2 Å². The summed E-state index contributed by atoms with van der Waals surface area (Å²) in [7, 11) is 0. The van der Waals surface area contributed by atoms with Crippen LogP contribution in [-0.2, 0) is 9.59 Å². The number of hydrogen-bond donors (Lipinski definition) is 2. The third-order valence-corrected chi connectivity index (χ3v) is 3.40. The maximum atomic E-state index is 12.4. The predicted molar refractivity (Wildman–Crippen MR) is 88.6 cm³/mol. The molecule has 0 rings (SSSR count). The van der Waals surface area contributed by atoms with E-state index >= 15 is 0 Å². The number of allylic oxidation sites excluding steroid dienone is 4. The highest BCUT2D eigenvalue weighted by atomic mass is 19.4. The van der Waals surface area contributed by atoms with E-state index in [0.29, 0.717) is 12.2 Å². The SMILES string of the molecule is CC(CN/C(=C/C(=O)C(F)(F)F)C(C)C)N/C(=C\C(=O)C(F)(F)F)C(C)C. The summed E-state index contributed by atoms with van der Waals surface area (Å²) >= 11 is 0. The van der Waals surface area contributed by atoms with E-state index in [-0.39, 0.29) is 17.9 Å². The van der Waals surface area contributed by atoms with E-state index in [1.807, 2.05) is 0 Å². The zero-order valence-electron chi connectivity index (χ0n) is 15.7. The van der Waals surface area contributed by atoms with E-state index in [1.54, 1.807) is 34.6 Å². The Balaban J connectivity index is 5.12. The fraction of sp³-hybridized carbons (Fsp3) is 0.647. The largest absolute Gasteiger partial charge is 0.454 e. The molecule has 0 aromatic carbocycles. The Labute approximate surface area is 154 Å². The van der Waals surface area contributed by atoms with Gasteiger partial charge in [0.2, 0.25) is 0 Å². The second-order valence-corrected chi connectivity index (χ2v) is 6.66. The highest BCUT2D eigenvalue weighted by Crippen LogP contribution is 2.20. The van der Waals surface area contributed by atoms with Gasteiger partial charge < -0.3 is 10.6 Å². The van der Waals surface area contributed by atoms with Gasteiger partial charge in [-0.1, -0.05) is 27.7 Å². The molecule has 0 radical (unpaired) electrons. The van der Waals surface area contributed by atoms with Gasteiger partial charge in [-0.2, -0.15) is 26.3 Å². The molecular formula is C17H24F6N2O2. The maximum Gasteiger partial charge on any atom is 0.454 e. The van der Waals surface area contributed by atoms with Gasteiger partial charge in [-0.05, 0) is 18.8 Å². The first kappa shape index (κ1) is 25.0. The third kappa shape index (κ3) is 9.48. The number of hydrogen-bond acceptors (Lipinski definition) is 4. The second kappa shape index (κ2) is 9.80. The lowest BCUT2D eigenvalue weighted by Crippen LogP contribution is -2.38. The molecule has 0 heterocycles. The first-order valence-corrected chi connectivity index (χ1v) is 8.21. The van der Waals surface area contributed by atoms with Crippen LogP contribution in [-0.4, -0.2) is 36.5 Å². The lowest BCUT2D eigenvalue weighted by atomic mass is 10.1. The Morgan fingerprint density at radius 3 is 1.48 bits per heavy atom. The lowest BCUT2D eigenvalue weighted by Gasteiger charge is -2.23. The Morgan fingerprint density at radius 1 is 0.778 bits per heavy atom. The summed E-state index contributed by atoms with van der Waals surface area (Å²) < 4.78 is 74.4. The Bertz CT molecular complexity index is 589. The molecule has 0 aromatic rings. The summed E-state index contributed by atoms with van der Waals surface area (Å²) in [5.41, 5.74) is 0.0977. The average Bonchev–Trinajstić information content (AvgIpc) is 2.47. The van der Waals surface area contributed by atoms with Gasteiger partial charge >= 0.3 is 12.4 Å². The van der Waals surface area contributed by atoms with Gasteiger partial charge in [-0.15, -0.1) is 0 Å². The number of rotatable bonds is 9. The number of alkyl halides is 6. The fourth-order valence-corrected chi connectivity index (χ4v) is 1.85. The molecule has 0 amide bonds. The highest BCUT2D eigenvalue weighted by Gasteiger charge is 2.37. The summed E-state index contributed by atoms with van der Waals surface area (Å²) in [6.45, 7) is 7.95. The zero-order valence-corrected chi connectivity index (χ0v) is 15.7. The van der Waals surface area contributed by atoms with Crippen LogP contribution >= 0.6 is 0 Å². The normalized spacial score (nSPS) is 15.1. The van der Waals surface area contributed by atoms with E-state index in [2.05, 4.69) is 10.6 Å². The van der Waals surface area contributed by atoms with E-state index in [9.17, 15) is 35.9 Å². The highest BCUT2D eigenvalue weighted by molar-refractivity contribution is 5.95. The smallest absolute Gasteiger partial charge is 0.386 e. The zero-order chi connectivity index (χ0) is 21.6. The molecule has 0 saturated heterocycles. The van der Waals surface area contributed by atoms with E-state index in [1.165, 1.54) is 0 Å². The van der Waals surface area contributed by atoms with Crippen molar-refractivity contribution in [2.75, 3.05) is 6.54 Å². The molecule has 0 aliphatic carbocycles. The Hall–Kier alpha value is -2.00. The van der Waals surface area contributed by atoms with Gasteiger partial charge in [0.05, 0.1) is 0 Å². The Morgan fingerprint density at radius 2 is 1.15 bits per heavy atom. The van der Waals surface area contributed by atoms with Crippen LogP contribution in [0.2, 0.25) is 0 Å². The predicted octanol–water partition coefficient (Wildman–Crippen LogP) is 3.90. The summed E-state index contributed by atoms with van der Waals surface area (Å²) in [5, 5.41) is 5.43. The van der Waals surface area contributed by atoms with Crippen molar-refractivity contribution in [3.63, 3.8) is 0 Å². The average molecular weight is 402 g/mol. The first-order valence-electron chi connectivity index (χ1n) is 8.21. The number of carbonyl (C=O) groups excluding carboxylic acids is 2. The van der Waals surface area contributed by atoms with Crippen molar-refractivity contribution in [3.8, 4) is 0 Å². The minimum absolute atomic E-state index is 0.0272. The standard InChI is InChI=1S/C17H24F6N2O2/c1-9(2)12(6-14(26)16(18,19)20)24-8-11(5)25-13(10(3)4)7-15(27)17(21,22)23/h6-7,9-11,24-25H,8H2,1-5H3/b12-6+,13-7-. The van der Waals surface area contributed by atoms with Crippen molar-refractivity contribution in [3.05, 3.63) is 23.5 Å². The van der Waals surface area contributed by atoms with Crippen molar-refractivity contribution < 1.29 is 35.9 Å². The van der Waals surface area contributed by atoms with Crippen molar-refractivity contribution in [1.82, 2.24) is 10.6 Å². The molecule has 0 saturated carbocycles.